The van der Waals surface area contributed by atoms with Crippen LogP contribution in [0.3, 0.4) is 0 Å². The molecule has 0 radical (unpaired) electrons. The molecule has 0 heterocycles. The average Bonchev–Trinajstić information content (AvgIpc) is 2.17. The summed E-state index contributed by atoms with van der Waals surface area (Å²) in [5.74, 6) is 0. The van der Waals surface area contributed by atoms with Gasteiger partial charge in [-0.1, -0.05) is 0 Å². The van der Waals surface area contributed by atoms with Gasteiger partial charge in [0, 0.05) is 6.04 Å². The lowest BCUT2D eigenvalue weighted by Gasteiger charge is -2.15. The molecule has 5 heteroatoms. The number of rotatable bonds is 1. The lowest BCUT2D eigenvalue weighted by atomic mass is 10.2. The van der Waals surface area contributed by atoms with E-state index in [-0.39, 0.29) is 5.25 Å². The van der Waals surface area contributed by atoms with Gasteiger partial charge < -0.3 is 21.1 Å². The molecule has 0 saturated heterocycles. The third kappa shape index (κ3) is 1.39. The van der Waals surface area contributed by atoms with Crippen molar-refractivity contribution in [2.24, 2.45) is 5.73 Å². The summed E-state index contributed by atoms with van der Waals surface area (Å²) in [6.45, 7) is 0. The first-order chi connectivity index (χ1) is 5.09. The lowest BCUT2D eigenvalue weighted by Crippen LogP contribution is -2.39. The molecule has 1 rings (SSSR count). The van der Waals surface area contributed by atoms with Crippen LogP contribution in [0.2, 0.25) is 0 Å². The summed E-state index contributed by atoms with van der Waals surface area (Å²) in [5, 5.41) is 27.4. The Labute approximate surface area is 69.4 Å². The molecular formula is C6H13NO3S. The third-order valence-corrected chi connectivity index (χ3v) is 3.22. The highest BCUT2D eigenvalue weighted by Crippen LogP contribution is 2.28. The average molecular weight is 179 g/mol. The first-order valence-corrected chi connectivity index (χ1v) is 4.71. The Hall–Kier alpha value is 0.190. The first kappa shape index (κ1) is 9.28. The van der Waals surface area contributed by atoms with Gasteiger partial charge in [-0.3, -0.25) is 0 Å². The van der Waals surface area contributed by atoms with Crippen molar-refractivity contribution in [3.05, 3.63) is 0 Å². The largest absolute Gasteiger partial charge is 0.389 e. The van der Waals surface area contributed by atoms with Gasteiger partial charge in [0.2, 0.25) is 0 Å². The highest BCUT2D eigenvalue weighted by atomic mass is 32.2. The number of hydrogen-bond acceptors (Lipinski definition) is 5. The van der Waals surface area contributed by atoms with Crippen LogP contribution < -0.4 is 5.73 Å². The first-order valence-electron chi connectivity index (χ1n) is 3.42. The Morgan fingerprint density at radius 2 is 1.64 bits per heavy atom. The molecule has 4 nitrogen and oxygen atoms in total. The van der Waals surface area contributed by atoms with Crippen molar-refractivity contribution in [3.8, 4) is 0 Å². The quantitative estimate of drug-likeness (QED) is 0.379. The Kier molecular flexibility index (Phi) is 2.77. The number of nitrogens with two attached hydrogens (primary N) is 1. The molecule has 1 aliphatic carbocycles. The highest BCUT2D eigenvalue weighted by molar-refractivity contribution is 7.99. The second-order valence-electron chi connectivity index (χ2n) is 2.75. The standard InChI is InChI=1S/C6H13NO3S/c1-11-6-2(7)3(8)4(9)5(6)10/h2-6,8-10H,7H2,1H3/t2-,3+,4+,5+,6-/m0/s1. The van der Waals surface area contributed by atoms with Gasteiger partial charge in [0.05, 0.1) is 17.5 Å². The van der Waals surface area contributed by atoms with Crippen molar-refractivity contribution < 1.29 is 15.3 Å². The second-order valence-corrected chi connectivity index (χ2v) is 3.77. The van der Waals surface area contributed by atoms with Crippen LogP contribution in [0.5, 0.6) is 0 Å². The maximum Gasteiger partial charge on any atom is 0.108 e. The molecule has 1 aliphatic rings. The van der Waals surface area contributed by atoms with Crippen LogP contribution >= 0.6 is 11.8 Å². The van der Waals surface area contributed by atoms with E-state index in [4.69, 9.17) is 10.8 Å². The van der Waals surface area contributed by atoms with Crippen molar-refractivity contribution in [1.82, 2.24) is 0 Å². The maximum atomic E-state index is 9.29. The molecular weight excluding hydrogens is 166 g/mol. The number of aliphatic hydroxyl groups is 3. The molecule has 0 aliphatic heterocycles. The SMILES string of the molecule is CS[C@H]1[C@@H](N)[C@@H](O)[C@@H](O)[C@H]1O. The van der Waals surface area contributed by atoms with Crippen LogP contribution in [0.15, 0.2) is 0 Å². The van der Waals surface area contributed by atoms with Gasteiger partial charge in [-0.15, -0.1) is 0 Å². The van der Waals surface area contributed by atoms with E-state index >= 15 is 0 Å². The molecule has 66 valence electrons. The Bertz CT molecular complexity index is 132. The zero-order valence-corrected chi connectivity index (χ0v) is 7.03. The predicted molar refractivity (Wildman–Crippen MR) is 43.3 cm³/mol. The number of thioether (sulfide) groups is 1. The minimum atomic E-state index is -1.09. The fourth-order valence-electron chi connectivity index (χ4n) is 1.34. The van der Waals surface area contributed by atoms with Crippen molar-refractivity contribution in [2.75, 3.05) is 6.26 Å². The van der Waals surface area contributed by atoms with Crippen molar-refractivity contribution >= 4 is 11.8 Å². The molecule has 0 unspecified atom stereocenters. The molecule has 1 fully saturated rings. The van der Waals surface area contributed by atoms with E-state index in [0.717, 1.165) is 0 Å². The van der Waals surface area contributed by atoms with Crippen molar-refractivity contribution in [3.63, 3.8) is 0 Å². The summed E-state index contributed by atoms with van der Waals surface area (Å²) >= 11 is 1.36. The minimum Gasteiger partial charge on any atom is -0.389 e. The Morgan fingerprint density at radius 1 is 1.09 bits per heavy atom. The zero-order chi connectivity index (χ0) is 8.59. The van der Waals surface area contributed by atoms with Gasteiger partial charge in [0.1, 0.15) is 6.10 Å². The number of aliphatic hydroxyl groups excluding tert-OH is 3. The molecule has 11 heavy (non-hydrogen) atoms. The van der Waals surface area contributed by atoms with Gasteiger partial charge in [0.15, 0.2) is 0 Å². The molecule has 0 aromatic rings. The fourth-order valence-corrected chi connectivity index (χ4v) is 2.26. The van der Waals surface area contributed by atoms with Gasteiger partial charge in [-0.2, -0.15) is 11.8 Å². The van der Waals surface area contributed by atoms with Crippen LogP contribution in [0.25, 0.3) is 0 Å². The summed E-state index contributed by atoms with van der Waals surface area (Å²) in [4.78, 5) is 0. The normalized spacial score (nSPS) is 51.5. The highest BCUT2D eigenvalue weighted by Gasteiger charge is 2.46. The molecule has 1 saturated carbocycles. The van der Waals surface area contributed by atoms with Crippen molar-refractivity contribution in [1.29, 1.82) is 0 Å². The Morgan fingerprint density at radius 3 is 1.82 bits per heavy atom. The van der Waals surface area contributed by atoms with E-state index < -0.39 is 24.4 Å². The van der Waals surface area contributed by atoms with Gasteiger partial charge in [-0.25, -0.2) is 0 Å². The van der Waals surface area contributed by atoms with Gasteiger partial charge in [0.25, 0.3) is 0 Å². The van der Waals surface area contributed by atoms with E-state index in [2.05, 4.69) is 0 Å². The van der Waals surface area contributed by atoms with Gasteiger partial charge >= 0.3 is 0 Å². The summed E-state index contributed by atoms with van der Waals surface area (Å²) in [7, 11) is 0. The molecule has 0 spiro atoms. The monoisotopic (exact) mass is 179 g/mol. The second kappa shape index (κ2) is 3.28. The summed E-state index contributed by atoms with van der Waals surface area (Å²) in [6.07, 6.45) is -1.21. The minimum absolute atomic E-state index is 0.264. The molecule has 5 N–H and O–H groups in total. The van der Waals surface area contributed by atoms with E-state index in [9.17, 15) is 10.2 Å². The van der Waals surface area contributed by atoms with E-state index in [1.165, 1.54) is 11.8 Å². The Balaban J connectivity index is 2.69. The van der Waals surface area contributed by atoms with Crippen LogP contribution in [-0.4, -0.2) is 51.2 Å². The lowest BCUT2D eigenvalue weighted by molar-refractivity contribution is -0.0198. The van der Waals surface area contributed by atoms with E-state index in [1.807, 2.05) is 0 Å². The predicted octanol–water partition coefficient (Wildman–Crippen LogP) is -1.86. The van der Waals surface area contributed by atoms with Crippen LogP contribution in [0.1, 0.15) is 0 Å². The maximum absolute atomic E-state index is 9.29. The smallest absolute Gasteiger partial charge is 0.108 e. The fraction of sp³-hybridized carbons (Fsp3) is 1.00. The number of hydrogen-bond donors (Lipinski definition) is 4. The molecule has 0 amide bonds. The molecule has 5 atom stereocenters. The molecule has 0 aromatic heterocycles. The van der Waals surface area contributed by atoms with Crippen molar-refractivity contribution in [2.45, 2.75) is 29.6 Å². The zero-order valence-electron chi connectivity index (χ0n) is 6.21. The van der Waals surface area contributed by atoms with Crippen LogP contribution in [0.4, 0.5) is 0 Å². The molecule has 0 aromatic carbocycles. The summed E-state index contributed by atoms with van der Waals surface area (Å²) in [5.41, 5.74) is 5.52. The third-order valence-electron chi connectivity index (χ3n) is 2.08. The van der Waals surface area contributed by atoms with E-state index in [0.29, 0.717) is 0 Å². The molecule has 0 bridgehead atoms. The van der Waals surface area contributed by atoms with Gasteiger partial charge in [-0.05, 0) is 6.26 Å². The summed E-state index contributed by atoms with van der Waals surface area (Å²) < 4.78 is 0. The summed E-state index contributed by atoms with van der Waals surface area (Å²) in [6, 6.07) is -0.532. The van der Waals surface area contributed by atoms with Crippen LogP contribution in [0, 0.1) is 0 Å². The van der Waals surface area contributed by atoms with E-state index in [1.54, 1.807) is 6.26 Å². The van der Waals surface area contributed by atoms with Crippen LogP contribution in [-0.2, 0) is 0 Å². The topological polar surface area (TPSA) is 86.7 Å².